The van der Waals surface area contributed by atoms with Gasteiger partial charge in [0.1, 0.15) is 5.82 Å². The van der Waals surface area contributed by atoms with Crippen molar-refractivity contribution in [2.75, 3.05) is 0 Å². The first-order valence-electron chi connectivity index (χ1n) is 6.39. The number of benzene rings is 1. The van der Waals surface area contributed by atoms with Crippen molar-refractivity contribution in [3.8, 4) is 0 Å². The van der Waals surface area contributed by atoms with Gasteiger partial charge < -0.3 is 5.32 Å². The van der Waals surface area contributed by atoms with Gasteiger partial charge in [-0.25, -0.2) is 4.39 Å². The molecular formula is C15H17FN2O. The molecule has 1 N–H and O–H groups in total. The molecule has 0 aliphatic heterocycles. The van der Waals surface area contributed by atoms with Crippen molar-refractivity contribution >= 4 is 16.8 Å². The van der Waals surface area contributed by atoms with Crippen molar-refractivity contribution in [2.24, 2.45) is 0 Å². The lowest BCUT2D eigenvalue weighted by Crippen LogP contribution is -2.30. The van der Waals surface area contributed by atoms with Crippen molar-refractivity contribution in [2.45, 2.75) is 32.7 Å². The van der Waals surface area contributed by atoms with E-state index in [1.807, 2.05) is 26.0 Å². The largest absolute Gasteiger partial charge is 0.354 e. The van der Waals surface area contributed by atoms with Gasteiger partial charge in [0, 0.05) is 23.5 Å². The van der Waals surface area contributed by atoms with Gasteiger partial charge in [-0.2, -0.15) is 0 Å². The van der Waals surface area contributed by atoms with Crippen molar-refractivity contribution in [1.29, 1.82) is 0 Å². The molecule has 3 nitrogen and oxygen atoms in total. The lowest BCUT2D eigenvalue weighted by atomic mass is 10.1. The zero-order chi connectivity index (χ0) is 13.8. The van der Waals surface area contributed by atoms with Gasteiger partial charge >= 0.3 is 0 Å². The minimum absolute atomic E-state index is 0.0241. The molecule has 2 rings (SSSR count). The fraction of sp³-hybridized carbons (Fsp3) is 0.333. The minimum atomic E-state index is -0.265. The Morgan fingerprint density at radius 2 is 2.11 bits per heavy atom. The number of nitrogens with one attached hydrogen (secondary N) is 1. The summed E-state index contributed by atoms with van der Waals surface area (Å²) in [6, 6.07) is 8.33. The van der Waals surface area contributed by atoms with E-state index >= 15 is 0 Å². The molecule has 0 bridgehead atoms. The van der Waals surface area contributed by atoms with Crippen LogP contribution in [0, 0.1) is 5.82 Å². The quantitative estimate of drug-likeness (QED) is 0.918. The van der Waals surface area contributed by atoms with Crippen LogP contribution in [0.15, 0.2) is 30.3 Å². The van der Waals surface area contributed by atoms with E-state index < -0.39 is 0 Å². The van der Waals surface area contributed by atoms with E-state index in [9.17, 15) is 9.18 Å². The van der Waals surface area contributed by atoms with Gasteiger partial charge in [0.15, 0.2) is 0 Å². The number of amides is 1. The Morgan fingerprint density at radius 3 is 2.84 bits per heavy atom. The molecule has 1 aromatic carbocycles. The van der Waals surface area contributed by atoms with Crippen LogP contribution in [0.1, 0.15) is 26.0 Å². The number of carbonyl (C=O) groups is 1. The van der Waals surface area contributed by atoms with E-state index in [1.54, 1.807) is 6.07 Å². The van der Waals surface area contributed by atoms with Crippen LogP contribution in [-0.4, -0.2) is 16.9 Å². The number of rotatable bonds is 4. The Balaban J connectivity index is 2.05. The molecule has 0 aliphatic carbocycles. The first kappa shape index (κ1) is 13.5. The predicted molar refractivity (Wildman–Crippen MR) is 73.3 cm³/mol. The monoisotopic (exact) mass is 260 g/mol. The van der Waals surface area contributed by atoms with Crippen LogP contribution in [0.25, 0.3) is 10.9 Å². The van der Waals surface area contributed by atoms with E-state index in [-0.39, 0.29) is 17.8 Å². The summed E-state index contributed by atoms with van der Waals surface area (Å²) in [5.41, 5.74) is 1.60. The Hall–Kier alpha value is -1.97. The first-order chi connectivity index (χ1) is 9.04. The minimum Gasteiger partial charge on any atom is -0.354 e. The van der Waals surface area contributed by atoms with Crippen molar-refractivity contribution in [3.05, 3.63) is 41.8 Å². The highest BCUT2D eigenvalue weighted by atomic mass is 19.1. The molecular weight excluding hydrogens is 243 g/mol. The molecule has 1 amide bonds. The lowest BCUT2D eigenvalue weighted by molar-refractivity contribution is -0.121. The van der Waals surface area contributed by atoms with E-state index in [0.29, 0.717) is 12.8 Å². The molecule has 19 heavy (non-hydrogen) atoms. The maximum Gasteiger partial charge on any atom is 0.220 e. The van der Waals surface area contributed by atoms with E-state index in [2.05, 4.69) is 10.3 Å². The molecule has 0 saturated heterocycles. The third-order valence-electron chi connectivity index (χ3n) is 2.77. The number of fused-ring (bicyclic) bond motifs is 1. The Kier molecular flexibility index (Phi) is 4.10. The number of nitrogens with zero attached hydrogens (tertiary/aromatic N) is 1. The third kappa shape index (κ3) is 3.74. The SMILES string of the molecule is CC(C)NC(=O)CCc1ccc2cc(F)ccc2n1. The maximum absolute atomic E-state index is 13.0. The number of carbonyl (C=O) groups excluding carboxylic acids is 1. The zero-order valence-electron chi connectivity index (χ0n) is 11.1. The van der Waals surface area contributed by atoms with Crippen molar-refractivity contribution < 1.29 is 9.18 Å². The molecule has 0 radical (unpaired) electrons. The normalized spacial score (nSPS) is 10.9. The summed E-state index contributed by atoms with van der Waals surface area (Å²) in [6.07, 6.45) is 1.00. The van der Waals surface area contributed by atoms with E-state index in [1.165, 1.54) is 12.1 Å². The number of hydrogen-bond acceptors (Lipinski definition) is 2. The molecule has 0 spiro atoms. The molecule has 0 unspecified atom stereocenters. The highest BCUT2D eigenvalue weighted by Gasteiger charge is 2.05. The second kappa shape index (κ2) is 5.78. The maximum atomic E-state index is 13.0. The van der Waals surface area contributed by atoms with Crippen molar-refractivity contribution in [1.82, 2.24) is 10.3 Å². The van der Waals surface area contributed by atoms with E-state index in [0.717, 1.165) is 16.6 Å². The van der Waals surface area contributed by atoms with Crippen LogP contribution in [0.2, 0.25) is 0 Å². The van der Waals surface area contributed by atoms with Gasteiger partial charge in [0.25, 0.3) is 0 Å². The Bertz CT molecular complexity index is 596. The standard InChI is InChI=1S/C15H17FN2O/c1-10(2)17-15(19)8-6-13-5-3-11-9-12(16)4-7-14(11)18-13/h3-5,7,9-10H,6,8H2,1-2H3,(H,17,19). The van der Waals surface area contributed by atoms with Crippen LogP contribution in [-0.2, 0) is 11.2 Å². The van der Waals surface area contributed by atoms with Crippen LogP contribution in [0.4, 0.5) is 4.39 Å². The van der Waals surface area contributed by atoms with Gasteiger partial charge in [-0.1, -0.05) is 6.07 Å². The highest BCUT2D eigenvalue weighted by molar-refractivity contribution is 5.79. The topological polar surface area (TPSA) is 42.0 Å². The molecule has 4 heteroatoms. The fourth-order valence-corrected chi connectivity index (χ4v) is 1.91. The van der Waals surface area contributed by atoms with Gasteiger partial charge in [-0.3, -0.25) is 9.78 Å². The Labute approximate surface area is 111 Å². The number of aryl methyl sites for hydroxylation is 1. The summed E-state index contributed by atoms with van der Waals surface area (Å²) in [7, 11) is 0. The van der Waals surface area contributed by atoms with Crippen LogP contribution >= 0.6 is 0 Å². The van der Waals surface area contributed by atoms with Gasteiger partial charge in [0.2, 0.25) is 5.91 Å². The third-order valence-corrected chi connectivity index (χ3v) is 2.77. The molecule has 0 atom stereocenters. The van der Waals surface area contributed by atoms with Crippen LogP contribution in [0.5, 0.6) is 0 Å². The van der Waals surface area contributed by atoms with Crippen molar-refractivity contribution in [3.63, 3.8) is 0 Å². The number of hydrogen-bond donors (Lipinski definition) is 1. The second-order valence-corrected chi connectivity index (χ2v) is 4.86. The fourth-order valence-electron chi connectivity index (χ4n) is 1.91. The summed E-state index contributed by atoms with van der Waals surface area (Å²) in [5, 5.41) is 3.61. The summed E-state index contributed by atoms with van der Waals surface area (Å²) >= 11 is 0. The summed E-state index contributed by atoms with van der Waals surface area (Å²) in [4.78, 5) is 16.0. The molecule has 1 aromatic heterocycles. The summed E-state index contributed by atoms with van der Waals surface area (Å²) in [5.74, 6) is -0.241. The number of halogens is 1. The molecule has 2 aromatic rings. The predicted octanol–water partition coefficient (Wildman–Crippen LogP) is 2.83. The van der Waals surface area contributed by atoms with E-state index in [4.69, 9.17) is 0 Å². The second-order valence-electron chi connectivity index (χ2n) is 4.86. The van der Waals surface area contributed by atoms with Gasteiger partial charge in [-0.15, -0.1) is 0 Å². The highest BCUT2D eigenvalue weighted by Crippen LogP contribution is 2.14. The zero-order valence-corrected chi connectivity index (χ0v) is 11.1. The molecule has 1 heterocycles. The summed E-state index contributed by atoms with van der Waals surface area (Å²) < 4.78 is 13.0. The average molecular weight is 260 g/mol. The van der Waals surface area contributed by atoms with Gasteiger partial charge in [-0.05, 0) is 44.5 Å². The summed E-state index contributed by atoms with van der Waals surface area (Å²) in [6.45, 7) is 3.86. The van der Waals surface area contributed by atoms with Crippen LogP contribution < -0.4 is 5.32 Å². The van der Waals surface area contributed by atoms with Gasteiger partial charge in [0.05, 0.1) is 5.52 Å². The molecule has 0 aliphatic rings. The smallest absolute Gasteiger partial charge is 0.220 e. The number of aromatic nitrogens is 1. The Morgan fingerprint density at radius 1 is 1.32 bits per heavy atom. The molecule has 0 fully saturated rings. The molecule has 100 valence electrons. The average Bonchev–Trinajstić information content (AvgIpc) is 2.35. The number of pyridine rings is 1. The lowest BCUT2D eigenvalue weighted by Gasteiger charge is -2.08. The first-order valence-corrected chi connectivity index (χ1v) is 6.39. The van der Waals surface area contributed by atoms with Crippen LogP contribution in [0.3, 0.4) is 0 Å². The molecule has 0 saturated carbocycles.